The zero-order chi connectivity index (χ0) is 24.4. The number of hydrogen-bond acceptors (Lipinski definition) is 6. The topological polar surface area (TPSA) is 105 Å². The van der Waals surface area contributed by atoms with Gasteiger partial charge in [0.2, 0.25) is 5.91 Å². The van der Waals surface area contributed by atoms with Gasteiger partial charge in [-0.25, -0.2) is 4.39 Å². The Hall–Kier alpha value is -3.92. The SMILES string of the molecule is O=C(NCc1ccco1)C1COC2(CCN(C(=O)c3cccc(F)c3)CC2)N1C(=O)c1ccco1. The summed E-state index contributed by atoms with van der Waals surface area (Å²) in [6.07, 6.45) is 3.49. The number of ether oxygens (including phenoxy) is 1. The summed E-state index contributed by atoms with van der Waals surface area (Å²) >= 11 is 0. The molecule has 1 N–H and O–H groups in total. The number of nitrogens with zero attached hydrogens (tertiary/aromatic N) is 2. The Labute approximate surface area is 200 Å². The normalized spacial score (nSPS) is 19.2. The molecule has 0 saturated carbocycles. The van der Waals surface area contributed by atoms with Crippen molar-refractivity contribution < 1.29 is 32.3 Å². The molecule has 2 aliphatic heterocycles. The minimum atomic E-state index is -1.07. The summed E-state index contributed by atoms with van der Waals surface area (Å²) in [5, 5.41) is 2.80. The summed E-state index contributed by atoms with van der Waals surface area (Å²) in [6, 6.07) is 11.3. The van der Waals surface area contributed by atoms with E-state index >= 15 is 0 Å². The highest BCUT2D eigenvalue weighted by atomic mass is 19.1. The number of amides is 3. The van der Waals surface area contributed by atoms with Crippen LogP contribution >= 0.6 is 0 Å². The summed E-state index contributed by atoms with van der Waals surface area (Å²) in [6.45, 7) is 0.734. The van der Waals surface area contributed by atoms with Gasteiger partial charge in [-0.2, -0.15) is 0 Å². The van der Waals surface area contributed by atoms with Crippen LogP contribution in [0.15, 0.2) is 69.9 Å². The van der Waals surface area contributed by atoms with E-state index in [9.17, 15) is 18.8 Å². The number of halogens is 1. The number of carbonyl (C=O) groups is 3. The molecule has 2 aliphatic rings. The Morgan fingerprint density at radius 1 is 1.00 bits per heavy atom. The van der Waals surface area contributed by atoms with Crippen molar-refractivity contribution in [3.8, 4) is 0 Å². The maximum atomic E-state index is 13.6. The molecule has 3 amide bonds. The first-order valence-corrected chi connectivity index (χ1v) is 11.3. The quantitative estimate of drug-likeness (QED) is 0.601. The van der Waals surface area contributed by atoms with Gasteiger partial charge < -0.3 is 23.8 Å². The average Bonchev–Trinajstić information content (AvgIpc) is 3.64. The van der Waals surface area contributed by atoms with Crippen molar-refractivity contribution >= 4 is 17.7 Å². The molecule has 10 heteroatoms. The zero-order valence-corrected chi connectivity index (χ0v) is 18.8. The molecule has 35 heavy (non-hydrogen) atoms. The lowest BCUT2D eigenvalue weighted by Crippen LogP contribution is -2.59. The fourth-order valence-electron chi connectivity index (χ4n) is 4.65. The minimum Gasteiger partial charge on any atom is -0.467 e. The van der Waals surface area contributed by atoms with Crippen molar-refractivity contribution in [2.75, 3.05) is 19.7 Å². The summed E-state index contributed by atoms with van der Waals surface area (Å²) in [7, 11) is 0. The van der Waals surface area contributed by atoms with E-state index in [1.165, 1.54) is 41.7 Å². The van der Waals surface area contributed by atoms with E-state index in [1.807, 2.05) is 0 Å². The number of rotatable bonds is 5. The number of nitrogens with one attached hydrogen (secondary N) is 1. The monoisotopic (exact) mass is 481 g/mol. The first kappa shape index (κ1) is 22.9. The standard InChI is InChI=1S/C25H24FN3O6/c26-18-5-1-4-17(14-18)23(31)28-10-8-25(9-11-28)29(24(32)21-7-3-13-34-21)20(16-35-25)22(30)27-15-19-6-2-12-33-19/h1-7,12-14,20H,8-11,15-16H2,(H,27,30). The van der Waals surface area contributed by atoms with Crippen LogP contribution in [-0.4, -0.2) is 59.0 Å². The highest BCUT2D eigenvalue weighted by molar-refractivity contribution is 5.97. The van der Waals surface area contributed by atoms with Crippen LogP contribution < -0.4 is 5.32 Å². The molecular formula is C25H24FN3O6. The van der Waals surface area contributed by atoms with Gasteiger partial charge in [-0.05, 0) is 42.5 Å². The maximum Gasteiger partial charge on any atom is 0.292 e. The van der Waals surface area contributed by atoms with Crippen LogP contribution in [0.4, 0.5) is 4.39 Å². The molecule has 1 aromatic carbocycles. The molecule has 0 radical (unpaired) electrons. The summed E-state index contributed by atoms with van der Waals surface area (Å²) in [5.41, 5.74) is -0.818. The number of likely N-dealkylation sites (tertiary alicyclic amines) is 1. The molecule has 2 saturated heterocycles. The molecule has 2 aromatic heterocycles. The molecule has 182 valence electrons. The van der Waals surface area contributed by atoms with Gasteiger partial charge in [-0.3, -0.25) is 19.3 Å². The summed E-state index contributed by atoms with van der Waals surface area (Å²) in [4.78, 5) is 42.4. The lowest BCUT2D eigenvalue weighted by molar-refractivity contribution is -0.128. The minimum absolute atomic E-state index is 0.00821. The molecule has 1 unspecified atom stereocenters. The molecular weight excluding hydrogens is 457 g/mol. The predicted octanol–water partition coefficient (Wildman–Crippen LogP) is 2.80. The third-order valence-corrected chi connectivity index (χ3v) is 6.43. The van der Waals surface area contributed by atoms with E-state index in [4.69, 9.17) is 13.6 Å². The van der Waals surface area contributed by atoms with Crippen molar-refractivity contribution in [1.82, 2.24) is 15.1 Å². The average molecular weight is 481 g/mol. The van der Waals surface area contributed by atoms with Crippen molar-refractivity contribution in [2.24, 2.45) is 0 Å². The number of furan rings is 2. The third kappa shape index (κ3) is 4.44. The van der Waals surface area contributed by atoms with E-state index in [0.29, 0.717) is 18.6 Å². The maximum absolute atomic E-state index is 13.6. The van der Waals surface area contributed by atoms with Crippen LogP contribution in [0.1, 0.15) is 39.5 Å². The Balaban J connectivity index is 1.34. The number of hydrogen-bond donors (Lipinski definition) is 1. The first-order chi connectivity index (χ1) is 17.0. The molecule has 4 heterocycles. The fourth-order valence-corrected chi connectivity index (χ4v) is 4.65. The predicted molar refractivity (Wildman–Crippen MR) is 119 cm³/mol. The molecule has 0 aliphatic carbocycles. The molecule has 1 atom stereocenters. The second-order valence-corrected chi connectivity index (χ2v) is 8.53. The van der Waals surface area contributed by atoms with Crippen molar-refractivity contribution in [1.29, 1.82) is 0 Å². The second kappa shape index (κ2) is 9.38. The van der Waals surface area contributed by atoms with Crippen molar-refractivity contribution in [3.63, 3.8) is 0 Å². The highest BCUT2D eigenvalue weighted by Gasteiger charge is 2.54. The van der Waals surface area contributed by atoms with Crippen LogP contribution in [0.2, 0.25) is 0 Å². The van der Waals surface area contributed by atoms with E-state index in [0.717, 1.165) is 0 Å². The van der Waals surface area contributed by atoms with Gasteiger partial charge in [-0.1, -0.05) is 6.07 Å². The van der Waals surface area contributed by atoms with Gasteiger partial charge in [0.25, 0.3) is 11.8 Å². The van der Waals surface area contributed by atoms with Crippen LogP contribution in [0.25, 0.3) is 0 Å². The largest absolute Gasteiger partial charge is 0.467 e. The summed E-state index contributed by atoms with van der Waals surface area (Å²) in [5.74, 6) is -0.944. The molecule has 3 aromatic rings. The number of carbonyl (C=O) groups excluding carboxylic acids is 3. The van der Waals surface area contributed by atoms with E-state index < -0.39 is 23.5 Å². The van der Waals surface area contributed by atoms with Gasteiger partial charge in [0.1, 0.15) is 23.3 Å². The number of benzene rings is 1. The van der Waals surface area contributed by atoms with E-state index in [2.05, 4.69) is 5.32 Å². The van der Waals surface area contributed by atoms with Crippen molar-refractivity contribution in [2.45, 2.75) is 31.2 Å². The van der Waals surface area contributed by atoms with Gasteiger partial charge in [0.15, 0.2) is 5.76 Å². The van der Waals surface area contributed by atoms with E-state index in [1.54, 1.807) is 29.2 Å². The number of piperidine rings is 1. The summed E-state index contributed by atoms with van der Waals surface area (Å²) < 4.78 is 30.3. The Morgan fingerprint density at radius 3 is 2.46 bits per heavy atom. The molecule has 9 nitrogen and oxygen atoms in total. The van der Waals surface area contributed by atoms with Crippen LogP contribution in [0.5, 0.6) is 0 Å². The first-order valence-electron chi connectivity index (χ1n) is 11.3. The third-order valence-electron chi connectivity index (χ3n) is 6.43. The Kier molecular flexibility index (Phi) is 6.12. The van der Waals surface area contributed by atoms with Gasteiger partial charge in [0, 0.05) is 31.5 Å². The van der Waals surface area contributed by atoms with Gasteiger partial charge in [0.05, 0.1) is 25.7 Å². The zero-order valence-electron chi connectivity index (χ0n) is 18.8. The van der Waals surface area contributed by atoms with Gasteiger partial charge in [-0.15, -0.1) is 0 Å². The Bertz CT molecular complexity index is 1200. The smallest absolute Gasteiger partial charge is 0.292 e. The molecule has 1 spiro atoms. The molecule has 5 rings (SSSR count). The second-order valence-electron chi connectivity index (χ2n) is 8.53. The Morgan fingerprint density at radius 2 is 1.77 bits per heavy atom. The lowest BCUT2D eigenvalue weighted by Gasteiger charge is -2.44. The molecule has 0 bridgehead atoms. The molecule has 2 fully saturated rings. The van der Waals surface area contributed by atoms with Crippen molar-refractivity contribution in [3.05, 3.63) is 84.0 Å². The van der Waals surface area contributed by atoms with Gasteiger partial charge >= 0.3 is 0 Å². The van der Waals surface area contributed by atoms with E-state index in [-0.39, 0.29) is 49.4 Å². The highest BCUT2D eigenvalue weighted by Crippen LogP contribution is 2.39. The van der Waals surface area contributed by atoms with Crippen LogP contribution in [0.3, 0.4) is 0 Å². The van der Waals surface area contributed by atoms with Crippen LogP contribution in [0, 0.1) is 5.82 Å². The van der Waals surface area contributed by atoms with Crippen LogP contribution in [-0.2, 0) is 16.1 Å². The lowest BCUT2D eigenvalue weighted by atomic mass is 9.96. The fraction of sp³-hybridized carbons (Fsp3) is 0.320.